The smallest absolute Gasteiger partial charge is 0.111 e. The summed E-state index contributed by atoms with van der Waals surface area (Å²) in [5.74, 6) is -1.10. The number of carboxylic acid groups (broad SMARTS) is 1. The van der Waals surface area contributed by atoms with Crippen LogP contribution in [0.2, 0.25) is 0 Å². The van der Waals surface area contributed by atoms with Gasteiger partial charge in [0, 0.05) is 5.97 Å². The molecule has 0 aromatic carbocycles. The van der Waals surface area contributed by atoms with Gasteiger partial charge in [-0.2, -0.15) is 0 Å². The zero-order valence-corrected chi connectivity index (χ0v) is 14.8. The fourth-order valence-corrected chi connectivity index (χ4v) is 1.81. The monoisotopic (exact) mass is 349 g/mol. The van der Waals surface area contributed by atoms with Crippen LogP contribution in [-0.2, 0) is 9.68 Å². The van der Waals surface area contributed by atoms with Gasteiger partial charge in [-0.25, -0.2) is 4.89 Å². The van der Waals surface area contributed by atoms with Gasteiger partial charge < -0.3 is 15.0 Å². The fourth-order valence-electron chi connectivity index (χ4n) is 1.81. The summed E-state index contributed by atoms with van der Waals surface area (Å²) < 4.78 is 0. The minimum Gasteiger partial charge on any atom is -0.550 e. The first-order valence-electron chi connectivity index (χ1n) is 8.59. The van der Waals surface area contributed by atoms with E-state index in [2.05, 4.69) is 4.89 Å². The first kappa shape index (κ1) is 23.1. The summed E-state index contributed by atoms with van der Waals surface area (Å²) in [5.41, 5.74) is 0. The standard InChI is InChI=1S/C20H30O5/c1-2-18(21)14-11-9-7-5-3-4-6-8-10-12-15-19(25-24)16-13-17-20(22)23/h3-4,7-12,14-15,18-19,21,24H,2,5-6,13,16-17H2,1H3,(H,22,23)/p-1/b4-3-,9-7-,10-8-,14-11+,15-12+/t18-,19+/m0/s1. The summed E-state index contributed by atoms with van der Waals surface area (Å²) in [6.07, 6.45) is 21.1. The van der Waals surface area contributed by atoms with Crippen molar-refractivity contribution in [1.29, 1.82) is 0 Å². The minimum atomic E-state index is -1.10. The zero-order chi connectivity index (χ0) is 18.8. The average molecular weight is 349 g/mol. The van der Waals surface area contributed by atoms with Crippen molar-refractivity contribution >= 4 is 5.97 Å². The number of aliphatic hydroxyl groups excluding tert-OH is 1. The van der Waals surface area contributed by atoms with E-state index in [0.717, 1.165) is 19.3 Å². The van der Waals surface area contributed by atoms with E-state index in [4.69, 9.17) is 5.26 Å². The quantitative estimate of drug-likeness (QED) is 0.218. The summed E-state index contributed by atoms with van der Waals surface area (Å²) in [6.45, 7) is 1.93. The molecule has 0 aliphatic rings. The molecule has 0 unspecified atom stereocenters. The summed E-state index contributed by atoms with van der Waals surface area (Å²) in [4.78, 5) is 14.6. The normalized spacial score (nSPS) is 15.3. The van der Waals surface area contributed by atoms with Crippen LogP contribution in [0.3, 0.4) is 0 Å². The number of aliphatic carboxylic acids is 1. The Hall–Kier alpha value is -1.95. The van der Waals surface area contributed by atoms with Crippen LogP contribution in [0.25, 0.3) is 0 Å². The fraction of sp³-hybridized carbons (Fsp3) is 0.450. The van der Waals surface area contributed by atoms with E-state index in [-0.39, 0.29) is 12.5 Å². The van der Waals surface area contributed by atoms with Gasteiger partial charge in [0.05, 0.1) is 6.10 Å². The van der Waals surface area contributed by atoms with Gasteiger partial charge in [0.25, 0.3) is 0 Å². The molecule has 0 aliphatic carbocycles. The van der Waals surface area contributed by atoms with E-state index in [0.29, 0.717) is 12.8 Å². The first-order chi connectivity index (χ1) is 12.1. The molecule has 0 aliphatic heterocycles. The maximum absolute atomic E-state index is 10.3. The van der Waals surface area contributed by atoms with Crippen molar-refractivity contribution in [2.75, 3.05) is 0 Å². The molecule has 2 atom stereocenters. The van der Waals surface area contributed by atoms with Crippen LogP contribution < -0.4 is 5.11 Å². The van der Waals surface area contributed by atoms with Crippen LogP contribution in [0.5, 0.6) is 0 Å². The third-order valence-electron chi connectivity index (χ3n) is 3.29. The van der Waals surface area contributed by atoms with Crippen molar-refractivity contribution < 1.29 is 25.2 Å². The maximum Gasteiger partial charge on any atom is 0.111 e. The van der Waals surface area contributed by atoms with Crippen LogP contribution in [0.4, 0.5) is 0 Å². The topological polar surface area (TPSA) is 89.8 Å². The molecule has 140 valence electrons. The molecule has 0 fully saturated rings. The third-order valence-corrected chi connectivity index (χ3v) is 3.29. The molecule has 0 amide bonds. The van der Waals surface area contributed by atoms with Crippen LogP contribution in [-0.4, -0.2) is 28.5 Å². The van der Waals surface area contributed by atoms with Crippen LogP contribution >= 0.6 is 0 Å². The maximum atomic E-state index is 10.3. The van der Waals surface area contributed by atoms with Crippen molar-refractivity contribution in [2.45, 2.75) is 57.7 Å². The van der Waals surface area contributed by atoms with Gasteiger partial charge in [-0.3, -0.25) is 5.26 Å². The largest absolute Gasteiger partial charge is 0.550 e. The highest BCUT2D eigenvalue weighted by Crippen LogP contribution is 2.05. The Morgan fingerprint density at radius 1 is 1.04 bits per heavy atom. The van der Waals surface area contributed by atoms with Gasteiger partial charge >= 0.3 is 0 Å². The van der Waals surface area contributed by atoms with E-state index < -0.39 is 12.1 Å². The Balaban J connectivity index is 3.86. The van der Waals surface area contributed by atoms with Gasteiger partial charge in [-0.1, -0.05) is 67.7 Å². The Morgan fingerprint density at radius 3 is 2.16 bits per heavy atom. The molecule has 5 heteroatoms. The number of carbonyl (C=O) groups excluding carboxylic acids is 1. The average Bonchev–Trinajstić information content (AvgIpc) is 2.60. The molecule has 0 saturated heterocycles. The van der Waals surface area contributed by atoms with Crippen molar-refractivity contribution in [3.63, 3.8) is 0 Å². The lowest BCUT2D eigenvalue weighted by molar-refractivity contribution is -0.306. The molecule has 0 radical (unpaired) electrons. The van der Waals surface area contributed by atoms with Gasteiger partial charge in [-0.05, 0) is 38.5 Å². The van der Waals surface area contributed by atoms with E-state index in [9.17, 15) is 15.0 Å². The molecule has 0 rings (SSSR count). The zero-order valence-electron chi connectivity index (χ0n) is 14.8. The Kier molecular flexibility index (Phi) is 15.6. The van der Waals surface area contributed by atoms with E-state index in [1.165, 1.54) is 0 Å². The summed E-state index contributed by atoms with van der Waals surface area (Å²) in [7, 11) is 0. The van der Waals surface area contributed by atoms with Crippen LogP contribution in [0.1, 0.15) is 45.4 Å². The molecule has 0 aromatic rings. The number of hydrogen-bond acceptors (Lipinski definition) is 5. The SMILES string of the molecule is CC[C@H](O)/C=C/C=C\C/C=C\C/C=C\C=C\[C@H](CCCC(=O)[O-])OO. The summed E-state index contributed by atoms with van der Waals surface area (Å²) >= 11 is 0. The lowest BCUT2D eigenvalue weighted by Crippen LogP contribution is -2.22. The Bertz CT molecular complexity index is 474. The molecule has 2 N–H and O–H groups in total. The lowest BCUT2D eigenvalue weighted by Gasteiger charge is -2.08. The van der Waals surface area contributed by atoms with Gasteiger partial charge in [0.2, 0.25) is 0 Å². The van der Waals surface area contributed by atoms with Crippen LogP contribution in [0, 0.1) is 0 Å². The molecular formula is C20H29O5-. The molecule has 5 nitrogen and oxygen atoms in total. The third kappa shape index (κ3) is 16.7. The second-order valence-corrected chi connectivity index (χ2v) is 5.45. The highest BCUT2D eigenvalue weighted by molar-refractivity contribution is 5.64. The van der Waals surface area contributed by atoms with Crippen molar-refractivity contribution in [2.24, 2.45) is 0 Å². The van der Waals surface area contributed by atoms with Gasteiger partial charge in [0.1, 0.15) is 6.10 Å². The van der Waals surface area contributed by atoms with E-state index in [1.807, 2.05) is 49.5 Å². The summed E-state index contributed by atoms with van der Waals surface area (Å²) in [6, 6.07) is 0. The minimum absolute atomic E-state index is 0.0439. The van der Waals surface area contributed by atoms with Crippen LogP contribution in [0.15, 0.2) is 60.8 Å². The first-order valence-corrected chi connectivity index (χ1v) is 8.59. The molecule has 0 bridgehead atoms. The molecule has 0 spiro atoms. The predicted octanol–water partition coefficient (Wildman–Crippen LogP) is 3.10. The number of carbonyl (C=O) groups is 1. The van der Waals surface area contributed by atoms with Crippen molar-refractivity contribution in [1.82, 2.24) is 0 Å². The number of aliphatic hydroxyl groups is 1. The van der Waals surface area contributed by atoms with Gasteiger partial charge in [0.15, 0.2) is 0 Å². The lowest BCUT2D eigenvalue weighted by atomic mass is 10.1. The second-order valence-electron chi connectivity index (χ2n) is 5.45. The Morgan fingerprint density at radius 2 is 1.64 bits per heavy atom. The second kappa shape index (κ2) is 16.9. The summed E-state index contributed by atoms with van der Waals surface area (Å²) in [5, 5.41) is 28.3. The Labute approximate surface area is 150 Å². The predicted molar refractivity (Wildman–Crippen MR) is 97.6 cm³/mol. The van der Waals surface area contributed by atoms with E-state index in [1.54, 1.807) is 18.2 Å². The molecular weight excluding hydrogens is 320 g/mol. The van der Waals surface area contributed by atoms with Crippen molar-refractivity contribution in [3.8, 4) is 0 Å². The van der Waals surface area contributed by atoms with Gasteiger partial charge in [-0.15, -0.1) is 0 Å². The molecule has 25 heavy (non-hydrogen) atoms. The number of hydrogen-bond donors (Lipinski definition) is 2. The number of allylic oxidation sites excluding steroid dienone is 8. The highest BCUT2D eigenvalue weighted by Gasteiger charge is 2.03. The number of rotatable bonds is 14. The molecule has 0 aromatic heterocycles. The van der Waals surface area contributed by atoms with Crippen molar-refractivity contribution in [3.05, 3.63) is 60.8 Å². The molecule has 0 saturated carbocycles. The number of carboxylic acids is 1. The molecule has 0 heterocycles. The van der Waals surface area contributed by atoms with E-state index >= 15 is 0 Å². The highest BCUT2D eigenvalue weighted by atomic mass is 17.1.